The summed E-state index contributed by atoms with van der Waals surface area (Å²) in [5, 5.41) is 9.07. The van der Waals surface area contributed by atoms with Crippen LogP contribution in [0.3, 0.4) is 0 Å². The molecule has 2 nitrogen and oxygen atoms in total. The Morgan fingerprint density at radius 2 is 2.43 bits per heavy atom. The van der Waals surface area contributed by atoms with Crippen LogP contribution in [-0.2, 0) is 4.74 Å². The van der Waals surface area contributed by atoms with E-state index in [9.17, 15) is 0 Å². The van der Waals surface area contributed by atoms with Gasteiger partial charge in [-0.25, -0.2) is 0 Å². The fourth-order valence-electron chi connectivity index (χ4n) is 0.656. The maximum Gasteiger partial charge on any atom is 0.0874 e. The predicted molar refractivity (Wildman–Crippen MR) is 26.1 cm³/mol. The Kier molecular flexibility index (Phi) is 1.05. The van der Waals surface area contributed by atoms with Gasteiger partial charge in [0.2, 0.25) is 0 Å². The molecular weight excluding hydrogens is 92.1 g/mol. The average Bonchev–Trinajstić information content (AvgIpc) is 1.84. The number of rotatable bonds is 0. The lowest BCUT2D eigenvalue weighted by Gasteiger charge is -2.10. The van der Waals surface area contributed by atoms with Crippen molar-refractivity contribution in [3.63, 3.8) is 0 Å². The van der Waals surface area contributed by atoms with E-state index in [1.807, 2.05) is 0 Å². The zero-order chi connectivity index (χ0) is 5.33. The van der Waals surface area contributed by atoms with Crippen molar-refractivity contribution in [1.29, 1.82) is 0 Å². The number of aliphatic hydroxyl groups is 1. The van der Waals surface area contributed by atoms with E-state index in [4.69, 9.17) is 9.84 Å². The van der Waals surface area contributed by atoms with Gasteiger partial charge in [0.05, 0.1) is 12.2 Å². The van der Waals surface area contributed by atoms with E-state index < -0.39 is 5.60 Å². The van der Waals surface area contributed by atoms with Gasteiger partial charge in [-0.3, -0.25) is 0 Å². The van der Waals surface area contributed by atoms with Crippen molar-refractivity contribution < 1.29 is 9.84 Å². The molecule has 0 spiro atoms. The first kappa shape index (κ1) is 5.06. The topological polar surface area (TPSA) is 29.5 Å². The maximum atomic E-state index is 9.07. The van der Waals surface area contributed by atoms with E-state index in [1.54, 1.807) is 6.92 Å². The third kappa shape index (κ3) is 1.14. The molecule has 1 aliphatic rings. The molecule has 1 rings (SSSR count). The lowest BCUT2D eigenvalue weighted by Crippen LogP contribution is -2.22. The van der Waals surface area contributed by atoms with Gasteiger partial charge in [0, 0.05) is 13.0 Å². The second kappa shape index (κ2) is 1.46. The van der Waals surface area contributed by atoms with Gasteiger partial charge in [-0.2, -0.15) is 0 Å². The van der Waals surface area contributed by atoms with Crippen molar-refractivity contribution in [2.45, 2.75) is 18.9 Å². The Balaban J connectivity index is 2.40. The van der Waals surface area contributed by atoms with Crippen LogP contribution in [0.15, 0.2) is 0 Å². The molecule has 0 aromatic heterocycles. The van der Waals surface area contributed by atoms with Crippen molar-refractivity contribution in [2.75, 3.05) is 13.2 Å². The quantitative estimate of drug-likeness (QED) is 0.472. The minimum Gasteiger partial charge on any atom is -0.388 e. The van der Waals surface area contributed by atoms with Crippen LogP contribution in [-0.4, -0.2) is 23.9 Å². The van der Waals surface area contributed by atoms with Crippen LogP contribution < -0.4 is 0 Å². The predicted octanol–water partition coefficient (Wildman–Crippen LogP) is 0.158. The molecule has 0 saturated carbocycles. The summed E-state index contributed by atoms with van der Waals surface area (Å²) in [7, 11) is 0. The van der Waals surface area contributed by atoms with Gasteiger partial charge in [0.1, 0.15) is 0 Å². The summed E-state index contributed by atoms with van der Waals surface area (Å²) in [6, 6.07) is 0. The summed E-state index contributed by atoms with van der Waals surface area (Å²) < 4.78 is 4.91. The molecular formula is C5H10O2. The zero-order valence-corrected chi connectivity index (χ0v) is 4.48. The number of ether oxygens (including phenoxy) is 1. The Hall–Kier alpha value is -0.0800. The van der Waals surface area contributed by atoms with Crippen molar-refractivity contribution in [1.82, 2.24) is 0 Å². The molecule has 0 aromatic carbocycles. The molecule has 1 aliphatic heterocycles. The third-order valence-electron chi connectivity index (χ3n) is 1.20. The van der Waals surface area contributed by atoms with Crippen LogP contribution >= 0.6 is 0 Å². The van der Waals surface area contributed by atoms with E-state index in [0.717, 1.165) is 6.42 Å². The van der Waals surface area contributed by atoms with Crippen molar-refractivity contribution >= 4 is 0 Å². The minimum absolute atomic E-state index is 0.507. The van der Waals surface area contributed by atoms with Gasteiger partial charge in [0.15, 0.2) is 0 Å². The molecule has 1 atom stereocenters. The van der Waals surface area contributed by atoms with Crippen LogP contribution in [0.2, 0.25) is 0 Å². The maximum absolute atomic E-state index is 9.07. The van der Waals surface area contributed by atoms with Crippen LogP contribution in [0.5, 0.6) is 0 Å². The Morgan fingerprint density at radius 3 is 2.57 bits per heavy atom. The first-order valence-electron chi connectivity index (χ1n) is 2.51. The van der Waals surface area contributed by atoms with Gasteiger partial charge in [-0.05, 0) is 6.92 Å². The second-order valence-corrected chi connectivity index (χ2v) is 2.30. The monoisotopic (exact) mass is 102 g/mol. The van der Waals surface area contributed by atoms with Gasteiger partial charge in [-0.15, -0.1) is 0 Å². The number of hydrogen-bond donors (Lipinski definition) is 1. The van der Waals surface area contributed by atoms with E-state index in [0.29, 0.717) is 13.2 Å². The molecule has 0 aromatic rings. The molecule has 2 heteroatoms. The van der Waals surface area contributed by atoms with Gasteiger partial charge >= 0.3 is 0 Å². The van der Waals surface area contributed by atoms with E-state index >= 15 is 0 Å². The molecule has 0 unspecified atom stereocenters. The highest BCUT2D eigenvalue weighted by Gasteiger charge is 2.25. The normalized spacial score (nSPS) is 42.0. The molecule has 1 N–H and O–H groups in total. The van der Waals surface area contributed by atoms with E-state index in [2.05, 4.69) is 0 Å². The molecule has 1 fully saturated rings. The lowest BCUT2D eigenvalue weighted by atomic mass is 10.1. The minimum atomic E-state index is -0.528. The van der Waals surface area contributed by atoms with Crippen LogP contribution in [0.1, 0.15) is 13.3 Å². The van der Waals surface area contributed by atoms with Crippen molar-refractivity contribution in [3.8, 4) is 0 Å². The third-order valence-corrected chi connectivity index (χ3v) is 1.20. The molecule has 0 aliphatic carbocycles. The van der Waals surface area contributed by atoms with Crippen molar-refractivity contribution in [3.05, 3.63) is 0 Å². The van der Waals surface area contributed by atoms with Crippen LogP contribution in [0.25, 0.3) is 0 Å². The second-order valence-electron chi connectivity index (χ2n) is 2.30. The Labute approximate surface area is 43.1 Å². The fourth-order valence-corrected chi connectivity index (χ4v) is 0.656. The van der Waals surface area contributed by atoms with Crippen molar-refractivity contribution in [2.24, 2.45) is 0 Å². The molecule has 7 heavy (non-hydrogen) atoms. The summed E-state index contributed by atoms with van der Waals surface area (Å²) in [6.07, 6.45) is 0.785. The van der Waals surface area contributed by atoms with Gasteiger partial charge < -0.3 is 9.84 Å². The van der Waals surface area contributed by atoms with Gasteiger partial charge in [-0.1, -0.05) is 0 Å². The molecule has 1 saturated heterocycles. The Morgan fingerprint density at radius 1 is 1.71 bits per heavy atom. The molecule has 0 radical (unpaired) electrons. The average molecular weight is 102 g/mol. The standard InChI is InChI=1S/C5H10O2/c1-5(6)2-3-7-4-5/h6H,2-4H2,1H3/t5-/m1/s1. The SMILES string of the molecule is C[C@@]1(O)CCOC1. The first-order valence-corrected chi connectivity index (χ1v) is 2.51. The highest BCUT2D eigenvalue weighted by Crippen LogP contribution is 2.15. The van der Waals surface area contributed by atoms with Crippen LogP contribution in [0.4, 0.5) is 0 Å². The summed E-state index contributed by atoms with van der Waals surface area (Å²) in [5.41, 5.74) is -0.528. The van der Waals surface area contributed by atoms with E-state index in [1.165, 1.54) is 0 Å². The molecule has 42 valence electrons. The highest BCUT2D eigenvalue weighted by atomic mass is 16.5. The fraction of sp³-hybridized carbons (Fsp3) is 1.00. The first-order chi connectivity index (χ1) is 3.21. The smallest absolute Gasteiger partial charge is 0.0874 e. The lowest BCUT2D eigenvalue weighted by molar-refractivity contribution is 0.0435. The largest absolute Gasteiger partial charge is 0.388 e. The summed E-state index contributed by atoms with van der Waals surface area (Å²) in [5.74, 6) is 0. The highest BCUT2D eigenvalue weighted by molar-refractivity contribution is 4.75. The Bertz CT molecular complexity index is 60.5. The molecule has 0 bridgehead atoms. The van der Waals surface area contributed by atoms with Crippen LogP contribution in [0, 0.1) is 0 Å². The summed E-state index contributed by atoms with van der Waals surface area (Å²) >= 11 is 0. The van der Waals surface area contributed by atoms with E-state index in [-0.39, 0.29) is 0 Å². The van der Waals surface area contributed by atoms with Gasteiger partial charge in [0.25, 0.3) is 0 Å². The molecule has 0 amide bonds. The zero-order valence-electron chi connectivity index (χ0n) is 4.48. The number of hydrogen-bond acceptors (Lipinski definition) is 2. The summed E-state index contributed by atoms with van der Waals surface area (Å²) in [4.78, 5) is 0. The summed E-state index contributed by atoms with van der Waals surface area (Å²) in [6.45, 7) is 3.01. The molecule has 1 heterocycles.